The van der Waals surface area contributed by atoms with Crippen LogP contribution in [0.5, 0.6) is 0 Å². The molecule has 146 valence electrons. The minimum atomic E-state index is -0.148. The lowest BCUT2D eigenvalue weighted by molar-refractivity contribution is -0.132. The molecule has 2 N–H and O–H groups in total. The van der Waals surface area contributed by atoms with Crippen molar-refractivity contribution in [2.24, 2.45) is 0 Å². The Morgan fingerprint density at radius 3 is 2.75 bits per heavy atom. The van der Waals surface area contributed by atoms with Gasteiger partial charge in [-0.3, -0.25) is 9.59 Å². The normalized spacial score (nSPS) is 15.2. The summed E-state index contributed by atoms with van der Waals surface area (Å²) in [6, 6.07) is 11.3. The number of nitrogens with one attached hydrogen (secondary N) is 1. The molecule has 0 saturated carbocycles. The minimum Gasteiger partial charge on any atom is -0.388 e. The van der Waals surface area contributed by atoms with Crippen LogP contribution in [0.25, 0.3) is 11.0 Å². The molecule has 0 spiro atoms. The number of aromatic amines is 1. The zero-order chi connectivity index (χ0) is 19.5. The maximum atomic E-state index is 12.7. The zero-order valence-corrected chi connectivity index (χ0v) is 15.7. The number of benzene rings is 1. The lowest BCUT2D eigenvalue weighted by atomic mass is 9.90. The lowest BCUT2D eigenvalue weighted by Gasteiger charge is -2.32. The van der Waals surface area contributed by atoms with Gasteiger partial charge in [0.15, 0.2) is 0 Å². The van der Waals surface area contributed by atoms with Crippen LogP contribution in [0.1, 0.15) is 36.6 Å². The first-order valence-electron chi connectivity index (χ1n) is 9.67. The Bertz CT molecular complexity index is 1030. The Balaban J connectivity index is 1.37. The van der Waals surface area contributed by atoms with Crippen LogP contribution in [0.3, 0.4) is 0 Å². The highest BCUT2D eigenvalue weighted by Crippen LogP contribution is 2.27. The van der Waals surface area contributed by atoms with E-state index in [9.17, 15) is 14.7 Å². The third-order valence-corrected chi connectivity index (χ3v) is 5.54. The number of H-pyrrole nitrogens is 1. The molecular weight excluding hydrogens is 356 g/mol. The Morgan fingerprint density at radius 2 is 2.00 bits per heavy atom. The van der Waals surface area contributed by atoms with E-state index in [0.29, 0.717) is 37.8 Å². The smallest absolute Gasteiger partial charge is 0.248 e. The van der Waals surface area contributed by atoms with Crippen LogP contribution >= 0.6 is 0 Å². The summed E-state index contributed by atoms with van der Waals surface area (Å²) in [4.78, 5) is 33.2. The van der Waals surface area contributed by atoms with Crippen molar-refractivity contribution < 1.29 is 9.90 Å². The summed E-state index contributed by atoms with van der Waals surface area (Å²) in [7, 11) is 0. The summed E-state index contributed by atoms with van der Waals surface area (Å²) in [6.07, 6.45) is 3.79. The molecule has 0 radical (unpaired) electrons. The molecule has 0 atom stereocenters. The minimum absolute atomic E-state index is 0.0803. The van der Waals surface area contributed by atoms with Crippen molar-refractivity contribution >= 4 is 16.9 Å². The van der Waals surface area contributed by atoms with Crippen LogP contribution in [0.2, 0.25) is 0 Å². The number of aliphatic hydroxyl groups excluding tert-OH is 1. The molecule has 3 aromatic rings. The molecule has 0 aliphatic carbocycles. The van der Waals surface area contributed by atoms with Gasteiger partial charge in [-0.05, 0) is 42.5 Å². The summed E-state index contributed by atoms with van der Waals surface area (Å²) in [5.74, 6) is 1.03. The average molecular weight is 380 g/mol. The van der Waals surface area contributed by atoms with Crippen molar-refractivity contribution in [1.82, 2.24) is 19.4 Å². The standard InChI is InChI=1S/C21H24N4O3/c26-14-19-23-17-3-1-2-4-18(17)25(19)12-8-21(28)24-10-6-15(7-11-24)16-5-9-22-20(27)13-16/h1-5,9,13,15,26H,6-8,10-12,14H2,(H,22,27). The number of likely N-dealkylation sites (tertiary alicyclic amines) is 1. The molecule has 1 fully saturated rings. The van der Waals surface area contributed by atoms with Gasteiger partial charge in [-0.1, -0.05) is 12.1 Å². The average Bonchev–Trinajstić information content (AvgIpc) is 3.10. The van der Waals surface area contributed by atoms with E-state index >= 15 is 0 Å². The van der Waals surface area contributed by atoms with E-state index in [1.807, 2.05) is 39.8 Å². The first kappa shape index (κ1) is 18.4. The number of aryl methyl sites for hydroxylation is 1. The highest BCUT2D eigenvalue weighted by atomic mass is 16.3. The number of pyridine rings is 1. The first-order chi connectivity index (χ1) is 13.7. The van der Waals surface area contributed by atoms with Crippen molar-refractivity contribution in [3.05, 3.63) is 64.3 Å². The summed E-state index contributed by atoms with van der Waals surface area (Å²) < 4.78 is 1.93. The van der Waals surface area contributed by atoms with E-state index < -0.39 is 0 Å². The largest absolute Gasteiger partial charge is 0.388 e. The van der Waals surface area contributed by atoms with Gasteiger partial charge in [0.1, 0.15) is 12.4 Å². The monoisotopic (exact) mass is 380 g/mol. The van der Waals surface area contributed by atoms with E-state index in [-0.39, 0.29) is 18.1 Å². The topological polar surface area (TPSA) is 91.2 Å². The molecule has 1 amide bonds. The number of fused-ring (bicyclic) bond motifs is 1. The van der Waals surface area contributed by atoms with Crippen molar-refractivity contribution in [2.45, 2.75) is 38.3 Å². The summed E-state index contributed by atoms with van der Waals surface area (Å²) >= 11 is 0. The number of piperidine rings is 1. The Morgan fingerprint density at radius 1 is 1.21 bits per heavy atom. The SMILES string of the molecule is O=C(CCn1c(CO)nc2ccccc21)N1CCC(c2cc[nH]c(=O)c2)CC1. The maximum absolute atomic E-state index is 12.7. The van der Waals surface area contributed by atoms with E-state index in [1.54, 1.807) is 12.3 Å². The number of nitrogens with zero attached hydrogens (tertiary/aromatic N) is 3. The van der Waals surface area contributed by atoms with Crippen LogP contribution in [-0.2, 0) is 17.9 Å². The van der Waals surface area contributed by atoms with Gasteiger partial charge in [-0.2, -0.15) is 0 Å². The van der Waals surface area contributed by atoms with Gasteiger partial charge < -0.3 is 19.6 Å². The van der Waals surface area contributed by atoms with E-state index in [4.69, 9.17) is 0 Å². The van der Waals surface area contributed by atoms with E-state index in [2.05, 4.69) is 9.97 Å². The number of hydrogen-bond acceptors (Lipinski definition) is 4. The Labute approximate surface area is 162 Å². The quantitative estimate of drug-likeness (QED) is 0.708. The van der Waals surface area contributed by atoms with Gasteiger partial charge >= 0.3 is 0 Å². The van der Waals surface area contributed by atoms with E-state index in [1.165, 1.54) is 0 Å². The van der Waals surface area contributed by atoms with Crippen molar-refractivity contribution in [1.29, 1.82) is 0 Å². The molecule has 0 unspecified atom stereocenters. The summed E-state index contributed by atoms with van der Waals surface area (Å²) in [6.45, 7) is 1.76. The maximum Gasteiger partial charge on any atom is 0.248 e. The van der Waals surface area contributed by atoms with Gasteiger partial charge in [0, 0.05) is 38.3 Å². The predicted octanol–water partition coefficient (Wildman–Crippen LogP) is 2.01. The van der Waals surface area contributed by atoms with E-state index in [0.717, 1.165) is 29.4 Å². The van der Waals surface area contributed by atoms with Crippen molar-refractivity contribution in [2.75, 3.05) is 13.1 Å². The molecule has 1 aliphatic rings. The molecule has 7 nitrogen and oxygen atoms in total. The third-order valence-electron chi connectivity index (χ3n) is 5.54. The number of aromatic nitrogens is 3. The number of carbonyl (C=O) groups is 1. The second-order valence-electron chi connectivity index (χ2n) is 7.22. The second kappa shape index (κ2) is 7.98. The number of carbonyl (C=O) groups excluding carboxylic acids is 1. The summed E-state index contributed by atoms with van der Waals surface area (Å²) in [5.41, 5.74) is 2.74. The van der Waals surface area contributed by atoms with Crippen molar-refractivity contribution in [3.63, 3.8) is 0 Å². The lowest BCUT2D eigenvalue weighted by Crippen LogP contribution is -2.38. The molecule has 1 aromatic carbocycles. The van der Waals surface area contributed by atoms with Gasteiger partial charge in [0.25, 0.3) is 0 Å². The number of rotatable bonds is 5. The fraction of sp³-hybridized carbons (Fsp3) is 0.381. The van der Waals surface area contributed by atoms with Gasteiger partial charge in [0.05, 0.1) is 11.0 Å². The highest BCUT2D eigenvalue weighted by molar-refractivity contribution is 5.78. The van der Waals surface area contributed by atoms with Crippen LogP contribution in [0.4, 0.5) is 0 Å². The number of hydrogen-bond donors (Lipinski definition) is 2. The number of para-hydroxylation sites is 2. The molecule has 1 aliphatic heterocycles. The fourth-order valence-electron chi connectivity index (χ4n) is 4.04. The third kappa shape index (κ3) is 3.71. The molecule has 2 aromatic heterocycles. The highest BCUT2D eigenvalue weighted by Gasteiger charge is 2.24. The van der Waals surface area contributed by atoms with Crippen molar-refractivity contribution in [3.8, 4) is 0 Å². The second-order valence-corrected chi connectivity index (χ2v) is 7.22. The number of imidazole rings is 1. The van der Waals surface area contributed by atoms with Gasteiger partial charge in [0.2, 0.25) is 11.5 Å². The first-order valence-corrected chi connectivity index (χ1v) is 9.67. The van der Waals surface area contributed by atoms with Crippen LogP contribution in [0, 0.1) is 0 Å². The zero-order valence-electron chi connectivity index (χ0n) is 15.7. The molecule has 0 bridgehead atoms. The fourth-order valence-corrected chi connectivity index (χ4v) is 4.04. The van der Waals surface area contributed by atoms with Crippen LogP contribution < -0.4 is 5.56 Å². The molecular formula is C21H24N4O3. The van der Waals surface area contributed by atoms with Gasteiger partial charge in [-0.15, -0.1) is 0 Å². The summed E-state index contributed by atoms with van der Waals surface area (Å²) in [5, 5.41) is 9.59. The Hall–Kier alpha value is -2.93. The Kier molecular flexibility index (Phi) is 5.25. The molecule has 4 rings (SSSR count). The molecule has 28 heavy (non-hydrogen) atoms. The van der Waals surface area contributed by atoms with Crippen LogP contribution in [-0.4, -0.2) is 43.5 Å². The van der Waals surface area contributed by atoms with Gasteiger partial charge in [-0.25, -0.2) is 4.98 Å². The number of amides is 1. The predicted molar refractivity (Wildman–Crippen MR) is 106 cm³/mol. The number of aliphatic hydroxyl groups is 1. The van der Waals surface area contributed by atoms with Crippen LogP contribution in [0.15, 0.2) is 47.4 Å². The molecule has 1 saturated heterocycles. The molecule has 3 heterocycles. The molecule has 7 heteroatoms.